The van der Waals surface area contributed by atoms with Gasteiger partial charge in [0.1, 0.15) is 24.0 Å². The van der Waals surface area contributed by atoms with Gasteiger partial charge in [0, 0.05) is 19.5 Å². The molecule has 2 rings (SSSR count). The first kappa shape index (κ1) is 18.4. The van der Waals surface area contributed by atoms with Crippen LogP contribution in [0.4, 0.5) is 0 Å². The van der Waals surface area contributed by atoms with Crippen molar-refractivity contribution in [3.63, 3.8) is 0 Å². The number of aromatic nitrogens is 1. The Morgan fingerprint density at radius 3 is 2.75 bits per heavy atom. The molecule has 6 heteroatoms. The van der Waals surface area contributed by atoms with Crippen molar-refractivity contribution in [1.29, 1.82) is 0 Å². The second-order valence-electron chi connectivity index (χ2n) is 5.91. The van der Waals surface area contributed by atoms with Gasteiger partial charge in [0.15, 0.2) is 0 Å². The number of amides is 1. The molecule has 0 atom stereocenters. The Labute approximate surface area is 147 Å². The molecule has 1 aromatic heterocycles. The summed E-state index contributed by atoms with van der Waals surface area (Å²) in [5.41, 5.74) is 4.43. The highest BCUT2D eigenvalue weighted by Crippen LogP contribution is 2.24. The average Bonchev–Trinajstić information content (AvgIpc) is 2.97. The van der Waals surface area contributed by atoms with Crippen molar-refractivity contribution in [1.82, 2.24) is 9.88 Å². The van der Waals surface area contributed by atoms with Crippen molar-refractivity contribution in [2.75, 3.05) is 20.8 Å². The summed E-state index contributed by atoms with van der Waals surface area (Å²) in [7, 11) is 3.26. The maximum absolute atomic E-state index is 11.7. The zero-order chi connectivity index (χ0) is 17.7. The molecule has 0 aliphatic heterocycles. The van der Waals surface area contributed by atoms with E-state index >= 15 is 0 Å². The molecule has 0 fully saturated rings. The van der Waals surface area contributed by atoms with Crippen LogP contribution in [0.25, 0.3) is 0 Å². The first-order chi connectivity index (χ1) is 11.4. The van der Waals surface area contributed by atoms with Gasteiger partial charge >= 0.3 is 0 Å². The summed E-state index contributed by atoms with van der Waals surface area (Å²) in [6.07, 6.45) is 0. The summed E-state index contributed by atoms with van der Waals surface area (Å²) in [5, 5.41) is 2.86. The second kappa shape index (κ2) is 8.26. The number of benzene rings is 1. The predicted octanol–water partition coefficient (Wildman–Crippen LogP) is 3.25. The Balaban J connectivity index is 1.96. The van der Waals surface area contributed by atoms with Crippen LogP contribution in [0.5, 0.6) is 5.75 Å². The van der Waals surface area contributed by atoms with E-state index in [1.807, 2.05) is 11.4 Å². The van der Waals surface area contributed by atoms with Gasteiger partial charge in [-0.3, -0.25) is 4.79 Å². The Hall–Kier alpha value is -1.92. The fourth-order valence-electron chi connectivity index (χ4n) is 2.34. The number of thiazole rings is 1. The smallest absolute Gasteiger partial charge is 0.248 e. The molecular weight excluding hydrogens is 324 g/mol. The summed E-state index contributed by atoms with van der Waals surface area (Å²) in [5.74, 6) is 0.839. The summed E-state index contributed by atoms with van der Waals surface area (Å²) < 4.78 is 10.8. The number of likely N-dealkylation sites (N-methyl/N-ethyl adjacent to an activating group) is 1. The first-order valence-corrected chi connectivity index (χ1v) is 8.65. The zero-order valence-corrected chi connectivity index (χ0v) is 15.7. The van der Waals surface area contributed by atoms with Crippen molar-refractivity contribution >= 4 is 17.2 Å². The number of nitrogens with zero attached hydrogens (tertiary/aromatic N) is 2. The van der Waals surface area contributed by atoms with Crippen LogP contribution in [0.3, 0.4) is 0 Å². The van der Waals surface area contributed by atoms with E-state index in [4.69, 9.17) is 9.47 Å². The number of carbonyl (C=O) groups is 1. The van der Waals surface area contributed by atoms with Gasteiger partial charge in [0.2, 0.25) is 5.91 Å². The van der Waals surface area contributed by atoms with Gasteiger partial charge in [-0.15, -0.1) is 11.3 Å². The zero-order valence-electron chi connectivity index (χ0n) is 14.9. The Bertz CT molecular complexity index is 712. The number of hydrogen-bond acceptors (Lipinski definition) is 5. The molecule has 0 saturated heterocycles. The van der Waals surface area contributed by atoms with Crippen LogP contribution in [-0.2, 0) is 22.7 Å². The Morgan fingerprint density at radius 1 is 1.29 bits per heavy atom. The van der Waals surface area contributed by atoms with Crippen molar-refractivity contribution in [3.05, 3.63) is 44.9 Å². The van der Waals surface area contributed by atoms with Crippen LogP contribution in [0.15, 0.2) is 17.5 Å². The summed E-state index contributed by atoms with van der Waals surface area (Å²) in [4.78, 5) is 17.9. The van der Waals surface area contributed by atoms with Crippen LogP contribution < -0.4 is 4.74 Å². The van der Waals surface area contributed by atoms with Crippen LogP contribution in [-0.4, -0.2) is 36.6 Å². The molecule has 0 spiro atoms. The first-order valence-electron chi connectivity index (χ1n) is 7.77. The number of carbonyl (C=O) groups excluding carboxylic acids is 1. The molecule has 0 unspecified atom stereocenters. The minimum atomic E-state index is -0.0610. The highest BCUT2D eigenvalue weighted by Gasteiger charge is 2.12. The molecule has 24 heavy (non-hydrogen) atoms. The van der Waals surface area contributed by atoms with Crippen molar-refractivity contribution in [3.8, 4) is 5.75 Å². The van der Waals surface area contributed by atoms with Gasteiger partial charge < -0.3 is 14.4 Å². The van der Waals surface area contributed by atoms with E-state index < -0.39 is 0 Å². The molecule has 0 saturated carbocycles. The Kier molecular flexibility index (Phi) is 6.34. The largest absolute Gasteiger partial charge is 0.486 e. The molecule has 2 aromatic rings. The molecule has 0 bridgehead atoms. The van der Waals surface area contributed by atoms with Gasteiger partial charge in [-0.25, -0.2) is 4.98 Å². The summed E-state index contributed by atoms with van der Waals surface area (Å²) in [6.45, 7) is 7.21. The molecule has 1 amide bonds. The molecule has 0 N–H and O–H groups in total. The van der Waals surface area contributed by atoms with Crippen LogP contribution in [0.1, 0.15) is 27.4 Å². The monoisotopic (exact) mass is 348 g/mol. The van der Waals surface area contributed by atoms with E-state index in [0.29, 0.717) is 13.2 Å². The molecule has 130 valence electrons. The molecule has 5 nitrogen and oxygen atoms in total. The van der Waals surface area contributed by atoms with E-state index in [0.717, 1.165) is 22.0 Å². The van der Waals surface area contributed by atoms with Crippen LogP contribution in [0.2, 0.25) is 0 Å². The van der Waals surface area contributed by atoms with Gasteiger partial charge in [-0.05, 0) is 43.5 Å². The maximum Gasteiger partial charge on any atom is 0.248 e. The SMILES string of the molecule is COCC(=O)N(C)Cc1csc(COc2cc(C)cc(C)c2C)n1. The fourth-order valence-corrected chi connectivity index (χ4v) is 3.04. The molecule has 1 aromatic carbocycles. The highest BCUT2D eigenvalue weighted by atomic mass is 32.1. The maximum atomic E-state index is 11.7. The van der Waals surface area contributed by atoms with Gasteiger partial charge in [-0.2, -0.15) is 0 Å². The summed E-state index contributed by atoms with van der Waals surface area (Å²) >= 11 is 1.54. The molecular formula is C18H24N2O3S. The fraction of sp³-hybridized carbons (Fsp3) is 0.444. The lowest BCUT2D eigenvalue weighted by Gasteiger charge is -2.15. The van der Waals surface area contributed by atoms with E-state index in [9.17, 15) is 4.79 Å². The van der Waals surface area contributed by atoms with Gasteiger partial charge in [0.05, 0.1) is 12.2 Å². The summed E-state index contributed by atoms with van der Waals surface area (Å²) in [6, 6.07) is 4.20. The second-order valence-corrected chi connectivity index (χ2v) is 6.85. The van der Waals surface area contributed by atoms with Gasteiger partial charge in [-0.1, -0.05) is 6.07 Å². The average molecular weight is 348 g/mol. The quantitative estimate of drug-likeness (QED) is 0.771. The predicted molar refractivity (Wildman–Crippen MR) is 95.4 cm³/mol. The third-order valence-electron chi connectivity index (χ3n) is 3.81. The number of aryl methyl sites for hydroxylation is 2. The lowest BCUT2D eigenvalue weighted by molar-refractivity contribution is -0.134. The molecule has 0 aliphatic carbocycles. The molecule has 0 aliphatic rings. The van der Waals surface area contributed by atoms with E-state index in [1.54, 1.807) is 23.3 Å². The normalized spacial score (nSPS) is 10.7. The van der Waals surface area contributed by atoms with Crippen molar-refractivity contribution < 1.29 is 14.3 Å². The van der Waals surface area contributed by atoms with E-state index in [-0.39, 0.29) is 12.5 Å². The molecule has 0 radical (unpaired) electrons. The number of ether oxygens (including phenoxy) is 2. The lowest BCUT2D eigenvalue weighted by Crippen LogP contribution is -2.29. The van der Waals surface area contributed by atoms with Gasteiger partial charge in [0.25, 0.3) is 0 Å². The minimum Gasteiger partial charge on any atom is -0.486 e. The topological polar surface area (TPSA) is 51.7 Å². The Morgan fingerprint density at radius 2 is 2.04 bits per heavy atom. The number of methoxy groups -OCH3 is 1. The third-order valence-corrected chi connectivity index (χ3v) is 4.68. The lowest BCUT2D eigenvalue weighted by atomic mass is 10.1. The van der Waals surface area contributed by atoms with Crippen LogP contribution in [0, 0.1) is 20.8 Å². The van der Waals surface area contributed by atoms with Crippen molar-refractivity contribution in [2.45, 2.75) is 33.9 Å². The van der Waals surface area contributed by atoms with E-state index in [1.165, 1.54) is 18.2 Å². The molecule has 1 heterocycles. The number of hydrogen-bond donors (Lipinski definition) is 0. The highest BCUT2D eigenvalue weighted by molar-refractivity contribution is 7.09. The standard InChI is InChI=1S/C18H24N2O3S/c1-12-6-13(2)14(3)16(7-12)23-9-17-19-15(11-24-17)8-20(4)18(21)10-22-5/h6-7,11H,8-10H2,1-5H3. The minimum absolute atomic E-state index is 0.0610. The van der Waals surface area contributed by atoms with Crippen LogP contribution >= 0.6 is 11.3 Å². The van der Waals surface area contributed by atoms with E-state index in [2.05, 4.69) is 31.8 Å². The van der Waals surface area contributed by atoms with Crippen molar-refractivity contribution in [2.24, 2.45) is 0 Å². The number of rotatable bonds is 7. The third kappa shape index (κ3) is 4.79.